The van der Waals surface area contributed by atoms with Crippen LogP contribution in [0.15, 0.2) is 24.3 Å². The highest BCUT2D eigenvalue weighted by Gasteiger charge is 2.17. The Morgan fingerprint density at radius 2 is 2.10 bits per heavy atom. The Labute approximate surface area is 125 Å². The fourth-order valence-corrected chi connectivity index (χ4v) is 2.96. The summed E-state index contributed by atoms with van der Waals surface area (Å²) in [4.78, 5) is 12.4. The Bertz CT molecular complexity index is 522. The first-order valence-electron chi connectivity index (χ1n) is 7.48. The van der Waals surface area contributed by atoms with Gasteiger partial charge in [-0.05, 0) is 42.5 Å². The van der Waals surface area contributed by atoms with E-state index in [0.717, 1.165) is 12.6 Å². The van der Waals surface area contributed by atoms with Crippen LogP contribution in [0.5, 0.6) is 0 Å². The summed E-state index contributed by atoms with van der Waals surface area (Å²) in [5.41, 5.74) is 1.14. The van der Waals surface area contributed by atoms with Crippen molar-refractivity contribution >= 4 is 17.7 Å². The zero-order valence-corrected chi connectivity index (χ0v) is 12.4. The van der Waals surface area contributed by atoms with E-state index in [2.05, 4.69) is 0 Å². The molecule has 1 aromatic carbocycles. The van der Waals surface area contributed by atoms with Gasteiger partial charge in [-0.3, -0.25) is 0 Å². The van der Waals surface area contributed by atoms with Gasteiger partial charge in [0.1, 0.15) is 5.82 Å². The molecule has 4 heteroatoms. The fourth-order valence-electron chi connectivity index (χ4n) is 2.96. The molecule has 0 aromatic heterocycles. The largest absolute Gasteiger partial charge is 0.478 e. The van der Waals surface area contributed by atoms with Crippen LogP contribution in [0.2, 0.25) is 0 Å². The molecule has 0 amide bonds. The maximum Gasteiger partial charge on any atom is 0.328 e. The van der Waals surface area contributed by atoms with Gasteiger partial charge in [0, 0.05) is 19.7 Å². The molecule has 0 aliphatic heterocycles. The average Bonchev–Trinajstić information content (AvgIpc) is 2.46. The highest BCUT2D eigenvalue weighted by Crippen LogP contribution is 2.27. The van der Waals surface area contributed by atoms with Crippen LogP contribution in [0, 0.1) is 11.7 Å². The summed E-state index contributed by atoms with van der Waals surface area (Å²) in [7, 11) is 1.92. The molecule has 21 heavy (non-hydrogen) atoms. The van der Waals surface area contributed by atoms with Gasteiger partial charge in [-0.2, -0.15) is 0 Å². The lowest BCUT2D eigenvalue weighted by Gasteiger charge is -2.28. The van der Waals surface area contributed by atoms with Crippen molar-refractivity contribution in [3.8, 4) is 0 Å². The van der Waals surface area contributed by atoms with Gasteiger partial charge in [0.05, 0.1) is 5.69 Å². The molecule has 3 nitrogen and oxygen atoms in total. The van der Waals surface area contributed by atoms with Crippen LogP contribution < -0.4 is 4.90 Å². The van der Waals surface area contributed by atoms with Gasteiger partial charge < -0.3 is 10.0 Å². The molecule has 0 radical (unpaired) electrons. The lowest BCUT2D eigenvalue weighted by atomic mass is 9.89. The third-order valence-electron chi connectivity index (χ3n) is 4.06. The van der Waals surface area contributed by atoms with E-state index in [1.54, 1.807) is 12.1 Å². The van der Waals surface area contributed by atoms with Crippen LogP contribution in [0.25, 0.3) is 6.08 Å². The van der Waals surface area contributed by atoms with Crippen molar-refractivity contribution in [3.63, 3.8) is 0 Å². The van der Waals surface area contributed by atoms with E-state index < -0.39 is 5.97 Å². The molecule has 0 atom stereocenters. The molecular formula is C17H22FNO2. The van der Waals surface area contributed by atoms with Gasteiger partial charge in [-0.15, -0.1) is 0 Å². The molecule has 0 heterocycles. The minimum atomic E-state index is -1.03. The SMILES string of the molecule is CN(CC1CCCCC1)c1ccc(C=CC(=O)O)cc1F. The predicted molar refractivity (Wildman–Crippen MR) is 82.9 cm³/mol. The third-order valence-corrected chi connectivity index (χ3v) is 4.06. The van der Waals surface area contributed by atoms with Gasteiger partial charge >= 0.3 is 5.97 Å². The number of benzene rings is 1. The Morgan fingerprint density at radius 3 is 2.71 bits per heavy atom. The second-order valence-electron chi connectivity index (χ2n) is 5.77. The minimum Gasteiger partial charge on any atom is -0.478 e. The molecular weight excluding hydrogens is 269 g/mol. The number of nitrogens with zero attached hydrogens (tertiary/aromatic N) is 1. The first-order valence-corrected chi connectivity index (χ1v) is 7.48. The van der Waals surface area contributed by atoms with E-state index in [1.807, 2.05) is 11.9 Å². The van der Waals surface area contributed by atoms with Crippen molar-refractivity contribution in [2.24, 2.45) is 5.92 Å². The van der Waals surface area contributed by atoms with E-state index in [0.29, 0.717) is 17.2 Å². The fraction of sp³-hybridized carbons (Fsp3) is 0.471. The van der Waals surface area contributed by atoms with Gasteiger partial charge in [0.25, 0.3) is 0 Å². The molecule has 1 aromatic rings. The monoisotopic (exact) mass is 291 g/mol. The second-order valence-corrected chi connectivity index (χ2v) is 5.77. The number of carbonyl (C=O) groups is 1. The summed E-state index contributed by atoms with van der Waals surface area (Å²) in [5, 5.41) is 8.58. The van der Waals surface area contributed by atoms with Crippen molar-refractivity contribution in [2.45, 2.75) is 32.1 Å². The van der Waals surface area contributed by atoms with E-state index in [4.69, 9.17) is 5.11 Å². The number of carboxylic acids is 1. The summed E-state index contributed by atoms with van der Waals surface area (Å²) in [6.45, 7) is 0.876. The van der Waals surface area contributed by atoms with Gasteiger partial charge in [0.15, 0.2) is 0 Å². The summed E-state index contributed by atoms with van der Waals surface area (Å²) < 4.78 is 14.2. The Kier molecular flexibility index (Phi) is 5.37. The van der Waals surface area contributed by atoms with Crippen molar-refractivity contribution in [2.75, 3.05) is 18.5 Å². The maximum absolute atomic E-state index is 14.2. The molecule has 0 saturated heterocycles. The molecule has 0 bridgehead atoms. The average molecular weight is 291 g/mol. The van der Waals surface area contributed by atoms with Crippen LogP contribution in [0.4, 0.5) is 10.1 Å². The molecule has 1 N–H and O–H groups in total. The van der Waals surface area contributed by atoms with Crippen LogP contribution in [0.3, 0.4) is 0 Å². The van der Waals surface area contributed by atoms with E-state index in [9.17, 15) is 9.18 Å². The lowest BCUT2D eigenvalue weighted by Crippen LogP contribution is -2.27. The highest BCUT2D eigenvalue weighted by atomic mass is 19.1. The lowest BCUT2D eigenvalue weighted by molar-refractivity contribution is -0.131. The van der Waals surface area contributed by atoms with Gasteiger partial charge in [-0.1, -0.05) is 25.3 Å². The van der Waals surface area contributed by atoms with Crippen LogP contribution in [0.1, 0.15) is 37.7 Å². The molecule has 1 aliphatic carbocycles. The van der Waals surface area contributed by atoms with Gasteiger partial charge in [0.2, 0.25) is 0 Å². The molecule has 0 unspecified atom stereocenters. The highest BCUT2D eigenvalue weighted by molar-refractivity contribution is 5.85. The van der Waals surface area contributed by atoms with Crippen LogP contribution in [-0.2, 0) is 4.79 Å². The first kappa shape index (κ1) is 15.5. The zero-order valence-electron chi connectivity index (χ0n) is 12.4. The quantitative estimate of drug-likeness (QED) is 0.835. The van der Waals surface area contributed by atoms with E-state index >= 15 is 0 Å². The van der Waals surface area contributed by atoms with E-state index in [1.165, 1.54) is 44.2 Å². The van der Waals surface area contributed by atoms with Crippen molar-refractivity contribution in [3.05, 3.63) is 35.7 Å². The van der Waals surface area contributed by atoms with Crippen molar-refractivity contribution in [1.29, 1.82) is 0 Å². The zero-order chi connectivity index (χ0) is 15.2. The number of hydrogen-bond acceptors (Lipinski definition) is 2. The van der Waals surface area contributed by atoms with Crippen molar-refractivity contribution in [1.82, 2.24) is 0 Å². The predicted octanol–water partition coefficient (Wildman–Crippen LogP) is 3.94. The summed E-state index contributed by atoms with van der Waals surface area (Å²) in [5.74, 6) is -0.690. The molecule has 0 spiro atoms. The number of halogens is 1. The van der Waals surface area contributed by atoms with Crippen LogP contribution in [-0.4, -0.2) is 24.7 Å². The third kappa shape index (κ3) is 4.59. The van der Waals surface area contributed by atoms with Gasteiger partial charge in [-0.25, -0.2) is 9.18 Å². The Hall–Kier alpha value is -1.84. The number of rotatable bonds is 5. The summed E-state index contributed by atoms with van der Waals surface area (Å²) in [6, 6.07) is 4.85. The number of hydrogen-bond donors (Lipinski definition) is 1. The molecule has 1 fully saturated rings. The molecule has 1 aliphatic rings. The first-order chi connectivity index (χ1) is 10.1. The van der Waals surface area contributed by atoms with E-state index in [-0.39, 0.29) is 5.82 Å². The summed E-state index contributed by atoms with van der Waals surface area (Å²) in [6.07, 6.45) is 8.74. The normalized spacial score (nSPS) is 16.3. The Balaban J connectivity index is 2.03. The number of aliphatic carboxylic acids is 1. The van der Waals surface area contributed by atoms with Crippen molar-refractivity contribution < 1.29 is 14.3 Å². The number of carboxylic acid groups (broad SMARTS) is 1. The van der Waals surface area contributed by atoms with Crippen LogP contribution >= 0.6 is 0 Å². The Morgan fingerprint density at radius 1 is 1.38 bits per heavy atom. The number of anilines is 1. The minimum absolute atomic E-state index is 0.305. The summed E-state index contributed by atoms with van der Waals surface area (Å²) >= 11 is 0. The smallest absolute Gasteiger partial charge is 0.328 e. The molecule has 114 valence electrons. The topological polar surface area (TPSA) is 40.5 Å². The molecule has 1 saturated carbocycles. The second kappa shape index (κ2) is 7.25. The standard InChI is InChI=1S/C17H22FNO2/c1-19(12-14-5-3-2-4-6-14)16-9-7-13(11-15(16)18)8-10-17(20)21/h7-11,14H,2-6,12H2,1H3,(H,20,21). The maximum atomic E-state index is 14.2. The molecule has 2 rings (SSSR count).